The summed E-state index contributed by atoms with van der Waals surface area (Å²) in [6.07, 6.45) is 0.598. The van der Waals surface area contributed by atoms with Crippen LogP contribution in [-0.2, 0) is 21.2 Å². The van der Waals surface area contributed by atoms with Gasteiger partial charge in [-0.25, -0.2) is 17.9 Å². The normalized spacial score (nSPS) is 13.6. The van der Waals surface area contributed by atoms with Crippen molar-refractivity contribution in [1.29, 1.82) is 0 Å². The minimum atomic E-state index is -3.76. The molecule has 2 aromatic carbocycles. The van der Waals surface area contributed by atoms with Crippen LogP contribution in [0.1, 0.15) is 5.56 Å². The fourth-order valence-corrected chi connectivity index (χ4v) is 3.46. The van der Waals surface area contributed by atoms with Gasteiger partial charge in [0.15, 0.2) is 0 Å². The molecule has 9 heteroatoms. The van der Waals surface area contributed by atoms with Crippen molar-refractivity contribution in [2.45, 2.75) is 11.3 Å². The van der Waals surface area contributed by atoms with Gasteiger partial charge in [-0.1, -0.05) is 11.6 Å². The fourth-order valence-electron chi connectivity index (χ4n) is 2.74. The molecule has 0 bridgehead atoms. The molecule has 132 valence electrons. The molecule has 0 unspecified atom stereocenters. The molecular formula is C16H15ClFN3O3S. The number of amides is 1. The predicted molar refractivity (Wildman–Crippen MR) is 93.8 cm³/mol. The number of fused-ring (bicyclic) bond motifs is 1. The number of nitrogens with zero attached hydrogens (tertiary/aromatic N) is 1. The molecular weight excluding hydrogens is 369 g/mol. The maximum atomic E-state index is 13.7. The van der Waals surface area contributed by atoms with E-state index in [4.69, 9.17) is 16.7 Å². The van der Waals surface area contributed by atoms with E-state index in [1.54, 1.807) is 11.0 Å². The second-order valence-corrected chi connectivity index (χ2v) is 7.68. The Bertz CT molecular complexity index is 950. The summed E-state index contributed by atoms with van der Waals surface area (Å²) in [7, 11) is -3.76. The summed E-state index contributed by atoms with van der Waals surface area (Å²) in [5.41, 5.74) is 1.62. The number of halogens is 2. The molecule has 1 aliphatic heterocycles. The summed E-state index contributed by atoms with van der Waals surface area (Å²) in [5, 5.41) is 7.87. The van der Waals surface area contributed by atoms with Crippen molar-refractivity contribution in [3.63, 3.8) is 0 Å². The Morgan fingerprint density at radius 3 is 2.72 bits per heavy atom. The van der Waals surface area contributed by atoms with E-state index in [1.165, 1.54) is 24.3 Å². The Balaban J connectivity index is 1.72. The standard InChI is InChI=1S/C16H15ClFN3O3S/c17-11-1-3-14(13(18)8-11)20-16(22)9-21-6-5-10-7-12(25(19,23)24)2-4-15(10)21/h1-4,7-8H,5-6,9H2,(H,20,22)(H2,19,23,24). The number of hydrogen-bond donors (Lipinski definition) is 2. The molecule has 2 aromatic rings. The highest BCUT2D eigenvalue weighted by atomic mass is 35.5. The van der Waals surface area contributed by atoms with Gasteiger partial charge in [0.1, 0.15) is 5.82 Å². The monoisotopic (exact) mass is 383 g/mol. The fraction of sp³-hybridized carbons (Fsp3) is 0.188. The van der Waals surface area contributed by atoms with Gasteiger partial charge in [0.2, 0.25) is 15.9 Å². The molecule has 3 rings (SSSR count). The van der Waals surface area contributed by atoms with Crippen molar-refractivity contribution in [1.82, 2.24) is 0 Å². The van der Waals surface area contributed by atoms with Crippen LogP contribution in [0.4, 0.5) is 15.8 Å². The Hall–Kier alpha value is -2.16. The molecule has 0 aromatic heterocycles. The lowest BCUT2D eigenvalue weighted by atomic mass is 10.2. The van der Waals surface area contributed by atoms with Crippen LogP contribution in [0.3, 0.4) is 0 Å². The van der Waals surface area contributed by atoms with E-state index < -0.39 is 15.8 Å². The van der Waals surface area contributed by atoms with E-state index in [-0.39, 0.29) is 28.1 Å². The number of rotatable bonds is 4. The molecule has 0 fully saturated rings. The van der Waals surface area contributed by atoms with Crippen molar-refractivity contribution in [3.8, 4) is 0 Å². The van der Waals surface area contributed by atoms with Crippen LogP contribution in [0.25, 0.3) is 0 Å². The minimum Gasteiger partial charge on any atom is -0.362 e. The number of nitrogens with two attached hydrogens (primary N) is 1. The van der Waals surface area contributed by atoms with Gasteiger partial charge in [0.25, 0.3) is 0 Å². The lowest BCUT2D eigenvalue weighted by Gasteiger charge is -2.19. The molecule has 0 spiro atoms. The lowest BCUT2D eigenvalue weighted by molar-refractivity contribution is -0.115. The van der Waals surface area contributed by atoms with E-state index in [9.17, 15) is 17.6 Å². The van der Waals surface area contributed by atoms with Crippen LogP contribution in [0.2, 0.25) is 5.02 Å². The van der Waals surface area contributed by atoms with Crippen molar-refractivity contribution in [2.24, 2.45) is 5.14 Å². The van der Waals surface area contributed by atoms with Gasteiger partial charge in [-0.15, -0.1) is 0 Å². The third kappa shape index (κ3) is 3.92. The highest BCUT2D eigenvalue weighted by Crippen LogP contribution is 2.29. The van der Waals surface area contributed by atoms with Crippen molar-refractivity contribution < 1.29 is 17.6 Å². The van der Waals surface area contributed by atoms with Gasteiger partial charge in [0, 0.05) is 17.3 Å². The van der Waals surface area contributed by atoms with E-state index in [0.29, 0.717) is 13.0 Å². The van der Waals surface area contributed by atoms with E-state index >= 15 is 0 Å². The summed E-state index contributed by atoms with van der Waals surface area (Å²) in [6.45, 7) is 0.573. The molecule has 0 atom stereocenters. The molecule has 6 nitrogen and oxygen atoms in total. The van der Waals surface area contributed by atoms with Crippen LogP contribution in [0, 0.1) is 5.82 Å². The van der Waals surface area contributed by atoms with E-state index in [2.05, 4.69) is 5.32 Å². The maximum absolute atomic E-state index is 13.7. The SMILES string of the molecule is NS(=O)(=O)c1ccc2c(c1)CCN2CC(=O)Nc1ccc(Cl)cc1F. The van der Waals surface area contributed by atoms with Crippen LogP contribution >= 0.6 is 11.6 Å². The summed E-state index contributed by atoms with van der Waals surface area (Å²) in [4.78, 5) is 14.0. The Morgan fingerprint density at radius 2 is 2.04 bits per heavy atom. The Labute approximate surface area is 149 Å². The summed E-state index contributed by atoms with van der Waals surface area (Å²) < 4.78 is 36.6. The summed E-state index contributed by atoms with van der Waals surface area (Å²) >= 11 is 5.68. The van der Waals surface area contributed by atoms with Gasteiger partial charge in [0.05, 0.1) is 17.1 Å². The highest BCUT2D eigenvalue weighted by Gasteiger charge is 2.23. The predicted octanol–water partition coefficient (Wildman–Crippen LogP) is 2.13. The first-order valence-corrected chi connectivity index (χ1v) is 9.32. The first-order valence-electron chi connectivity index (χ1n) is 7.39. The number of hydrogen-bond acceptors (Lipinski definition) is 4. The second kappa shape index (κ2) is 6.62. The zero-order valence-electron chi connectivity index (χ0n) is 13.0. The first-order chi connectivity index (χ1) is 11.7. The van der Waals surface area contributed by atoms with E-state index in [1.807, 2.05) is 0 Å². The number of carbonyl (C=O) groups is 1. The molecule has 25 heavy (non-hydrogen) atoms. The molecule has 1 amide bonds. The number of sulfonamides is 1. The molecule has 0 radical (unpaired) electrons. The second-order valence-electron chi connectivity index (χ2n) is 5.68. The molecule has 3 N–H and O–H groups in total. The minimum absolute atomic E-state index is 0.0176. The Morgan fingerprint density at radius 1 is 1.28 bits per heavy atom. The van der Waals surface area contributed by atoms with Crippen molar-refractivity contribution >= 4 is 38.9 Å². The maximum Gasteiger partial charge on any atom is 0.243 e. The van der Waals surface area contributed by atoms with Gasteiger partial charge < -0.3 is 10.2 Å². The summed E-state index contributed by atoms with van der Waals surface area (Å²) in [5.74, 6) is -0.995. The average Bonchev–Trinajstić information content (AvgIpc) is 2.91. The molecule has 1 heterocycles. The van der Waals surface area contributed by atoms with Gasteiger partial charge >= 0.3 is 0 Å². The number of nitrogens with one attached hydrogen (secondary N) is 1. The number of carbonyl (C=O) groups excluding carboxylic acids is 1. The van der Waals surface area contributed by atoms with Gasteiger partial charge in [-0.2, -0.15) is 0 Å². The number of primary sulfonamides is 1. The highest BCUT2D eigenvalue weighted by molar-refractivity contribution is 7.89. The van der Waals surface area contributed by atoms with Crippen molar-refractivity contribution in [2.75, 3.05) is 23.3 Å². The largest absolute Gasteiger partial charge is 0.362 e. The zero-order valence-corrected chi connectivity index (χ0v) is 14.6. The smallest absolute Gasteiger partial charge is 0.243 e. The van der Waals surface area contributed by atoms with Gasteiger partial charge in [-0.3, -0.25) is 4.79 Å². The number of anilines is 2. The zero-order chi connectivity index (χ0) is 18.2. The third-order valence-corrected chi connectivity index (χ3v) is 5.06. The lowest BCUT2D eigenvalue weighted by Crippen LogP contribution is -2.32. The van der Waals surface area contributed by atoms with Gasteiger partial charge in [-0.05, 0) is 48.4 Å². The van der Waals surface area contributed by atoms with Crippen LogP contribution < -0.4 is 15.4 Å². The Kier molecular flexibility index (Phi) is 4.68. The van der Waals surface area contributed by atoms with Crippen LogP contribution in [0.5, 0.6) is 0 Å². The topological polar surface area (TPSA) is 92.5 Å². The molecule has 0 saturated carbocycles. The van der Waals surface area contributed by atoms with Crippen molar-refractivity contribution in [3.05, 3.63) is 52.8 Å². The van der Waals surface area contributed by atoms with E-state index in [0.717, 1.165) is 17.3 Å². The number of benzene rings is 2. The third-order valence-electron chi connectivity index (χ3n) is 3.91. The molecule has 0 saturated heterocycles. The summed E-state index contributed by atoms with van der Waals surface area (Å²) in [6, 6.07) is 8.55. The average molecular weight is 384 g/mol. The quantitative estimate of drug-likeness (QED) is 0.845. The van der Waals surface area contributed by atoms with Crippen LogP contribution in [-0.4, -0.2) is 27.4 Å². The first kappa shape index (κ1) is 17.7. The molecule has 0 aliphatic carbocycles. The molecule has 1 aliphatic rings. The van der Waals surface area contributed by atoms with Crippen LogP contribution in [0.15, 0.2) is 41.3 Å².